The van der Waals surface area contributed by atoms with E-state index < -0.39 is 38.7 Å². The van der Waals surface area contributed by atoms with Crippen molar-refractivity contribution in [3.8, 4) is 0 Å². The fraction of sp³-hybridized carbons (Fsp3) is 0.448. The Morgan fingerprint density at radius 3 is 2.37 bits per heavy atom. The van der Waals surface area contributed by atoms with Gasteiger partial charge < -0.3 is 4.90 Å². The van der Waals surface area contributed by atoms with Crippen LogP contribution in [0.2, 0.25) is 10.0 Å². The number of sulfonamides is 1. The zero-order chi connectivity index (χ0) is 27.8. The van der Waals surface area contributed by atoms with Gasteiger partial charge in [0.05, 0.1) is 16.7 Å². The molecule has 4 rings (SSSR count). The molecule has 0 aromatic heterocycles. The minimum absolute atomic E-state index is 0.201. The summed E-state index contributed by atoms with van der Waals surface area (Å²) < 4.78 is 26.9. The van der Waals surface area contributed by atoms with Crippen molar-refractivity contribution in [3.63, 3.8) is 0 Å². The minimum atomic E-state index is -3.78. The molecule has 2 aromatic rings. The standard InChI is InChI=1S/C29H34Cl2N2O4S/c1-5-16-29(3)18-24(20-8-7-9-22(31)17-20)26(19-10-12-21(30)13-11-19)33(28(29)35)25(6-2)27(34)32(4)38(36,37)23-14-15-23/h5,7-13,17,23-26H,1,6,14-16,18H2,2-4H3/t24-,25+,26-,29+/m0/s1. The van der Waals surface area contributed by atoms with Crippen LogP contribution in [-0.4, -0.2) is 47.8 Å². The van der Waals surface area contributed by atoms with Crippen LogP contribution in [0, 0.1) is 5.41 Å². The lowest BCUT2D eigenvalue weighted by Crippen LogP contribution is -2.59. The van der Waals surface area contributed by atoms with Gasteiger partial charge in [-0.25, -0.2) is 12.7 Å². The first kappa shape index (κ1) is 28.7. The summed E-state index contributed by atoms with van der Waals surface area (Å²) in [6.45, 7) is 7.58. The maximum atomic E-state index is 14.4. The van der Waals surface area contributed by atoms with Crippen LogP contribution in [0.5, 0.6) is 0 Å². The number of hydrogen-bond donors (Lipinski definition) is 0. The van der Waals surface area contributed by atoms with Crippen LogP contribution in [-0.2, 0) is 19.6 Å². The van der Waals surface area contributed by atoms with Crippen molar-refractivity contribution < 1.29 is 18.0 Å². The van der Waals surface area contributed by atoms with Crippen molar-refractivity contribution in [2.24, 2.45) is 5.41 Å². The Bertz CT molecular complexity index is 1330. The summed E-state index contributed by atoms with van der Waals surface area (Å²) in [7, 11) is -2.47. The SMILES string of the molecule is C=CC[C@]1(C)C[C@@H](c2cccc(Cl)c2)[C@H](c2ccc(Cl)cc2)N([C@H](CC)C(=O)N(C)S(=O)(=O)C2CC2)C1=O. The van der Waals surface area contributed by atoms with Crippen molar-refractivity contribution in [2.75, 3.05) is 7.05 Å². The largest absolute Gasteiger partial charge is 0.322 e. The Hall–Kier alpha value is -2.35. The number of hydrogen-bond acceptors (Lipinski definition) is 4. The van der Waals surface area contributed by atoms with Gasteiger partial charge in [-0.15, -0.1) is 6.58 Å². The predicted molar refractivity (Wildman–Crippen MR) is 152 cm³/mol. The summed E-state index contributed by atoms with van der Waals surface area (Å²) in [6.07, 6.45) is 3.98. The lowest BCUT2D eigenvalue weighted by Gasteiger charge is -2.51. The molecular formula is C29H34Cl2N2O4S. The van der Waals surface area contributed by atoms with E-state index in [0.29, 0.717) is 35.7 Å². The molecule has 9 heteroatoms. The number of carbonyl (C=O) groups excluding carboxylic acids is 2. The Morgan fingerprint density at radius 2 is 1.82 bits per heavy atom. The van der Waals surface area contributed by atoms with Gasteiger partial charge in [-0.05, 0) is 67.5 Å². The fourth-order valence-corrected chi connectivity index (χ4v) is 7.52. The highest BCUT2D eigenvalue weighted by Crippen LogP contribution is 2.52. The highest BCUT2D eigenvalue weighted by molar-refractivity contribution is 7.90. The summed E-state index contributed by atoms with van der Waals surface area (Å²) >= 11 is 12.6. The van der Waals surface area contributed by atoms with Crippen LogP contribution in [0.25, 0.3) is 0 Å². The topological polar surface area (TPSA) is 74.8 Å². The second-order valence-corrected chi connectivity index (χ2v) is 13.7. The van der Waals surface area contributed by atoms with Crippen molar-refractivity contribution in [2.45, 2.75) is 69.2 Å². The third kappa shape index (κ3) is 5.38. The third-order valence-electron chi connectivity index (χ3n) is 7.83. The fourth-order valence-electron chi connectivity index (χ4n) is 5.65. The molecule has 0 bridgehead atoms. The first-order valence-corrected chi connectivity index (χ1v) is 15.2. The second kappa shape index (κ2) is 11.0. The molecule has 1 heterocycles. The van der Waals surface area contributed by atoms with E-state index >= 15 is 0 Å². The lowest BCUT2D eigenvalue weighted by atomic mass is 9.67. The highest BCUT2D eigenvalue weighted by atomic mass is 35.5. The normalized spacial score (nSPS) is 24.7. The number of likely N-dealkylation sites (N-methyl/N-ethyl adjacent to an activating group) is 1. The highest BCUT2D eigenvalue weighted by Gasteiger charge is 2.53. The number of halogens is 2. The number of piperidine rings is 1. The van der Waals surface area contributed by atoms with E-state index in [1.165, 1.54) is 7.05 Å². The van der Waals surface area contributed by atoms with E-state index in [4.69, 9.17) is 23.2 Å². The van der Waals surface area contributed by atoms with E-state index in [9.17, 15) is 18.0 Å². The monoisotopic (exact) mass is 576 g/mol. The van der Waals surface area contributed by atoms with E-state index in [0.717, 1.165) is 15.4 Å². The summed E-state index contributed by atoms with van der Waals surface area (Å²) in [5.41, 5.74) is 0.901. The molecule has 1 aliphatic heterocycles. The van der Waals surface area contributed by atoms with Crippen LogP contribution in [0.1, 0.15) is 69.0 Å². The van der Waals surface area contributed by atoms with E-state index in [-0.39, 0.29) is 18.2 Å². The second-order valence-electron chi connectivity index (χ2n) is 10.6. The van der Waals surface area contributed by atoms with Crippen LogP contribution in [0.15, 0.2) is 61.2 Å². The smallest absolute Gasteiger partial charge is 0.258 e. The summed E-state index contributed by atoms with van der Waals surface area (Å²) in [4.78, 5) is 29.9. The average Bonchev–Trinajstić information content (AvgIpc) is 3.73. The maximum absolute atomic E-state index is 14.4. The van der Waals surface area contributed by atoms with E-state index in [1.54, 1.807) is 36.1 Å². The molecule has 4 atom stereocenters. The van der Waals surface area contributed by atoms with Crippen molar-refractivity contribution in [1.82, 2.24) is 9.21 Å². The first-order chi connectivity index (χ1) is 17.9. The molecule has 0 radical (unpaired) electrons. The zero-order valence-corrected chi connectivity index (χ0v) is 24.3. The molecule has 1 aliphatic carbocycles. The number of amides is 2. The Morgan fingerprint density at radius 1 is 1.16 bits per heavy atom. The van der Waals surface area contributed by atoms with Crippen molar-refractivity contribution in [3.05, 3.63) is 82.4 Å². The van der Waals surface area contributed by atoms with Crippen LogP contribution in [0.4, 0.5) is 0 Å². The molecule has 38 heavy (non-hydrogen) atoms. The molecule has 204 valence electrons. The Labute approximate surface area is 235 Å². The number of benzene rings is 2. The van der Waals surface area contributed by atoms with Crippen molar-refractivity contribution in [1.29, 1.82) is 0 Å². The molecular weight excluding hydrogens is 543 g/mol. The van der Waals surface area contributed by atoms with Crippen molar-refractivity contribution >= 4 is 45.0 Å². The van der Waals surface area contributed by atoms with Gasteiger partial charge in [0.2, 0.25) is 15.9 Å². The number of likely N-dealkylation sites (tertiary alicyclic amines) is 1. The Balaban J connectivity index is 1.90. The Kier molecular flexibility index (Phi) is 8.31. The van der Waals surface area contributed by atoms with E-state index in [1.807, 2.05) is 37.3 Å². The quantitative estimate of drug-likeness (QED) is 0.325. The van der Waals surface area contributed by atoms with Gasteiger partial charge >= 0.3 is 0 Å². The molecule has 0 spiro atoms. The van der Waals surface area contributed by atoms with Crippen LogP contribution in [0.3, 0.4) is 0 Å². The molecule has 1 saturated heterocycles. The lowest BCUT2D eigenvalue weighted by molar-refractivity contribution is -0.159. The van der Waals surface area contributed by atoms with Gasteiger partial charge in [0.1, 0.15) is 6.04 Å². The summed E-state index contributed by atoms with van der Waals surface area (Å²) in [5.74, 6) is -1.02. The van der Waals surface area contributed by atoms with Gasteiger partial charge in [-0.1, -0.05) is 67.4 Å². The summed E-state index contributed by atoms with van der Waals surface area (Å²) in [5, 5.41) is 0.588. The molecule has 2 amide bonds. The minimum Gasteiger partial charge on any atom is -0.322 e. The molecule has 0 N–H and O–H groups in total. The van der Waals surface area contributed by atoms with Gasteiger partial charge in [0, 0.05) is 23.0 Å². The van der Waals surface area contributed by atoms with Gasteiger partial charge in [-0.3, -0.25) is 9.59 Å². The molecule has 2 aliphatic rings. The average molecular weight is 578 g/mol. The maximum Gasteiger partial charge on any atom is 0.258 e. The molecule has 2 aromatic carbocycles. The predicted octanol–water partition coefficient (Wildman–Crippen LogP) is 6.36. The van der Waals surface area contributed by atoms with Gasteiger partial charge in [0.25, 0.3) is 5.91 Å². The molecule has 6 nitrogen and oxygen atoms in total. The third-order valence-corrected chi connectivity index (χ3v) is 10.6. The molecule has 1 saturated carbocycles. The van der Waals surface area contributed by atoms with Gasteiger partial charge in [0.15, 0.2) is 0 Å². The van der Waals surface area contributed by atoms with Gasteiger partial charge in [-0.2, -0.15) is 0 Å². The summed E-state index contributed by atoms with van der Waals surface area (Å²) in [6, 6.07) is 13.3. The van der Waals surface area contributed by atoms with Crippen LogP contribution < -0.4 is 0 Å². The number of rotatable bonds is 9. The number of nitrogens with zero attached hydrogens (tertiary/aromatic N) is 2. The number of allylic oxidation sites excluding steroid dienone is 1. The molecule has 0 unspecified atom stereocenters. The number of carbonyl (C=O) groups is 2. The van der Waals surface area contributed by atoms with Crippen LogP contribution >= 0.6 is 23.2 Å². The zero-order valence-electron chi connectivity index (χ0n) is 21.9. The van der Waals surface area contributed by atoms with E-state index in [2.05, 4.69) is 6.58 Å². The molecule has 2 fully saturated rings. The first-order valence-electron chi connectivity index (χ1n) is 12.9.